The van der Waals surface area contributed by atoms with E-state index in [1.165, 1.54) is 0 Å². The fourth-order valence-corrected chi connectivity index (χ4v) is 3.19. The summed E-state index contributed by atoms with van der Waals surface area (Å²) in [7, 11) is 0. The second-order valence-electron chi connectivity index (χ2n) is 6.21. The second kappa shape index (κ2) is 6.80. The molecular weight excluding hydrogens is 384 g/mol. The average Bonchev–Trinajstić information content (AvgIpc) is 2.83. The number of rotatable bonds is 4. The van der Waals surface area contributed by atoms with Gasteiger partial charge in [0.05, 0.1) is 11.1 Å². The topological polar surface area (TPSA) is 66.5 Å². The van der Waals surface area contributed by atoms with Gasteiger partial charge in [-0.15, -0.1) is 0 Å². The third-order valence-electron chi connectivity index (χ3n) is 4.12. The van der Waals surface area contributed by atoms with Crippen molar-refractivity contribution in [1.29, 1.82) is 0 Å². The molecule has 0 saturated heterocycles. The summed E-state index contributed by atoms with van der Waals surface area (Å²) in [5.41, 5.74) is 1.29. The average molecular weight is 401 g/mol. The molecule has 5 nitrogen and oxygen atoms in total. The lowest BCUT2D eigenvalue weighted by Gasteiger charge is -2.28. The van der Waals surface area contributed by atoms with Crippen molar-refractivity contribution in [3.05, 3.63) is 64.1 Å². The summed E-state index contributed by atoms with van der Waals surface area (Å²) in [5, 5.41) is 2.79. The monoisotopic (exact) mass is 400 g/mol. The molecule has 0 bridgehead atoms. The molecular formula is C19H17BrN2O3. The molecule has 3 amide bonds. The van der Waals surface area contributed by atoms with Crippen LogP contribution in [0.3, 0.4) is 0 Å². The zero-order valence-electron chi connectivity index (χ0n) is 13.8. The first kappa shape index (κ1) is 17.4. The van der Waals surface area contributed by atoms with Crippen LogP contribution in [-0.2, 0) is 4.79 Å². The van der Waals surface area contributed by atoms with Gasteiger partial charge in [0.1, 0.15) is 6.04 Å². The maximum absolute atomic E-state index is 12.8. The molecule has 3 rings (SSSR count). The Hall–Kier alpha value is -2.47. The van der Waals surface area contributed by atoms with Crippen molar-refractivity contribution in [2.45, 2.75) is 19.9 Å². The van der Waals surface area contributed by atoms with E-state index < -0.39 is 17.9 Å². The van der Waals surface area contributed by atoms with Gasteiger partial charge in [0, 0.05) is 10.2 Å². The fraction of sp³-hybridized carbons (Fsp3) is 0.211. The van der Waals surface area contributed by atoms with Crippen LogP contribution in [0.15, 0.2) is 53.0 Å². The number of nitrogens with zero attached hydrogens (tertiary/aromatic N) is 1. The smallest absolute Gasteiger partial charge is 0.262 e. The number of anilines is 1. The highest BCUT2D eigenvalue weighted by Gasteiger charge is 2.43. The Morgan fingerprint density at radius 3 is 1.96 bits per heavy atom. The number of carbonyl (C=O) groups is 3. The number of halogens is 1. The number of nitrogens with one attached hydrogen (secondary N) is 1. The van der Waals surface area contributed by atoms with Gasteiger partial charge in [-0.25, -0.2) is 0 Å². The van der Waals surface area contributed by atoms with Crippen molar-refractivity contribution >= 4 is 39.3 Å². The van der Waals surface area contributed by atoms with Crippen molar-refractivity contribution in [2.75, 3.05) is 5.32 Å². The Balaban J connectivity index is 1.89. The summed E-state index contributed by atoms with van der Waals surface area (Å²) in [4.78, 5) is 39.2. The standard InChI is InChI=1S/C19H17BrN2O3/c1-11(2)16(17(23)21-13-9-7-12(20)8-10-13)22-18(24)14-5-3-4-6-15(14)19(22)25/h3-11,16H,1-2H3,(H,21,23). The Morgan fingerprint density at radius 1 is 0.960 bits per heavy atom. The minimum Gasteiger partial charge on any atom is -0.324 e. The van der Waals surface area contributed by atoms with Gasteiger partial charge in [-0.05, 0) is 42.3 Å². The minimum atomic E-state index is -0.879. The van der Waals surface area contributed by atoms with Crippen LogP contribution in [0.5, 0.6) is 0 Å². The summed E-state index contributed by atoms with van der Waals surface area (Å²) in [5.74, 6) is -1.46. The van der Waals surface area contributed by atoms with Crippen molar-refractivity contribution in [2.24, 2.45) is 5.92 Å². The maximum atomic E-state index is 12.8. The zero-order valence-corrected chi connectivity index (χ0v) is 15.4. The van der Waals surface area contributed by atoms with Crippen molar-refractivity contribution in [1.82, 2.24) is 4.90 Å². The molecule has 1 heterocycles. The SMILES string of the molecule is CC(C)C(C(=O)Nc1ccc(Br)cc1)N1C(=O)c2ccccc2C1=O. The van der Waals surface area contributed by atoms with Gasteiger partial charge in [0.15, 0.2) is 0 Å². The number of imide groups is 1. The van der Waals surface area contributed by atoms with E-state index in [9.17, 15) is 14.4 Å². The van der Waals surface area contributed by atoms with Crippen LogP contribution >= 0.6 is 15.9 Å². The van der Waals surface area contributed by atoms with Gasteiger partial charge in [0.2, 0.25) is 5.91 Å². The van der Waals surface area contributed by atoms with Crippen LogP contribution in [-0.4, -0.2) is 28.7 Å². The Labute approximate surface area is 154 Å². The summed E-state index contributed by atoms with van der Waals surface area (Å²) >= 11 is 3.34. The molecule has 1 aliphatic rings. The number of hydrogen-bond donors (Lipinski definition) is 1. The fourth-order valence-electron chi connectivity index (χ4n) is 2.93. The molecule has 1 aliphatic heterocycles. The third kappa shape index (κ3) is 3.22. The van der Waals surface area contributed by atoms with Crippen LogP contribution in [0.25, 0.3) is 0 Å². The minimum absolute atomic E-state index is 0.224. The largest absolute Gasteiger partial charge is 0.324 e. The lowest BCUT2D eigenvalue weighted by Crippen LogP contribution is -2.50. The number of fused-ring (bicyclic) bond motifs is 1. The number of carbonyl (C=O) groups excluding carboxylic acids is 3. The number of benzene rings is 2. The van der Waals surface area contributed by atoms with Crippen LogP contribution in [0, 0.1) is 5.92 Å². The lowest BCUT2D eigenvalue weighted by molar-refractivity contribution is -0.121. The highest BCUT2D eigenvalue weighted by Crippen LogP contribution is 2.28. The van der Waals surface area contributed by atoms with Crippen LogP contribution in [0.1, 0.15) is 34.6 Å². The normalized spacial score (nSPS) is 14.6. The molecule has 0 fully saturated rings. The Bertz CT molecular complexity index is 811. The molecule has 25 heavy (non-hydrogen) atoms. The van der Waals surface area contributed by atoms with Crippen LogP contribution in [0.2, 0.25) is 0 Å². The summed E-state index contributed by atoms with van der Waals surface area (Å²) in [6, 6.07) is 12.9. The number of amides is 3. The van der Waals surface area contributed by atoms with Gasteiger partial charge >= 0.3 is 0 Å². The Kier molecular flexibility index (Phi) is 4.72. The first-order chi connectivity index (χ1) is 11.9. The molecule has 0 saturated carbocycles. The molecule has 2 aromatic rings. The zero-order chi connectivity index (χ0) is 18.1. The van der Waals surface area contributed by atoms with E-state index in [1.807, 2.05) is 26.0 Å². The molecule has 6 heteroatoms. The second-order valence-corrected chi connectivity index (χ2v) is 7.13. The van der Waals surface area contributed by atoms with Gasteiger partial charge in [-0.1, -0.05) is 41.9 Å². The van der Waals surface area contributed by atoms with Crippen LogP contribution < -0.4 is 5.32 Å². The first-order valence-corrected chi connectivity index (χ1v) is 8.73. The Morgan fingerprint density at radius 2 is 1.48 bits per heavy atom. The highest BCUT2D eigenvalue weighted by atomic mass is 79.9. The molecule has 0 spiro atoms. The van der Waals surface area contributed by atoms with Crippen molar-refractivity contribution < 1.29 is 14.4 Å². The van der Waals surface area contributed by atoms with Crippen molar-refractivity contribution in [3.8, 4) is 0 Å². The molecule has 128 valence electrons. The van der Waals surface area contributed by atoms with E-state index in [0.717, 1.165) is 9.37 Å². The summed E-state index contributed by atoms with van der Waals surface area (Å²) in [6.45, 7) is 3.63. The van der Waals surface area contributed by atoms with E-state index in [4.69, 9.17) is 0 Å². The molecule has 2 aromatic carbocycles. The van der Waals surface area contributed by atoms with E-state index in [2.05, 4.69) is 21.2 Å². The first-order valence-electron chi connectivity index (χ1n) is 7.93. The molecule has 0 radical (unpaired) electrons. The molecule has 0 aromatic heterocycles. The predicted molar refractivity (Wildman–Crippen MR) is 98.3 cm³/mol. The van der Waals surface area contributed by atoms with Gasteiger partial charge in [0.25, 0.3) is 11.8 Å². The molecule has 0 aliphatic carbocycles. The molecule has 1 unspecified atom stereocenters. The number of hydrogen-bond acceptors (Lipinski definition) is 3. The van der Waals surface area contributed by atoms with Gasteiger partial charge in [-0.2, -0.15) is 0 Å². The molecule has 1 atom stereocenters. The van der Waals surface area contributed by atoms with E-state index >= 15 is 0 Å². The van der Waals surface area contributed by atoms with E-state index in [-0.39, 0.29) is 11.8 Å². The van der Waals surface area contributed by atoms with Gasteiger partial charge < -0.3 is 5.32 Å². The summed E-state index contributed by atoms with van der Waals surface area (Å²) in [6.07, 6.45) is 0. The van der Waals surface area contributed by atoms with E-state index in [0.29, 0.717) is 16.8 Å². The quantitative estimate of drug-likeness (QED) is 0.795. The third-order valence-corrected chi connectivity index (χ3v) is 4.64. The maximum Gasteiger partial charge on any atom is 0.262 e. The summed E-state index contributed by atoms with van der Waals surface area (Å²) < 4.78 is 0.895. The van der Waals surface area contributed by atoms with E-state index in [1.54, 1.807) is 36.4 Å². The van der Waals surface area contributed by atoms with Crippen LogP contribution in [0.4, 0.5) is 5.69 Å². The predicted octanol–water partition coefficient (Wildman–Crippen LogP) is 3.71. The lowest BCUT2D eigenvalue weighted by atomic mass is 10.0. The van der Waals surface area contributed by atoms with Crippen molar-refractivity contribution in [3.63, 3.8) is 0 Å². The van der Waals surface area contributed by atoms with Gasteiger partial charge in [-0.3, -0.25) is 19.3 Å². The highest BCUT2D eigenvalue weighted by molar-refractivity contribution is 9.10. The molecule has 1 N–H and O–H groups in total.